The van der Waals surface area contributed by atoms with Crippen molar-refractivity contribution in [3.63, 3.8) is 0 Å². The van der Waals surface area contributed by atoms with Crippen LogP contribution in [-0.4, -0.2) is 25.3 Å². The number of rotatable bonds is 9. The van der Waals surface area contributed by atoms with Crippen molar-refractivity contribution in [3.05, 3.63) is 81.4 Å². The number of imidazole rings is 1. The number of hydrogen-bond acceptors (Lipinski definition) is 5. The lowest BCUT2D eigenvalue weighted by Gasteiger charge is -2.13. The highest BCUT2D eigenvalue weighted by atomic mass is 19.1. The normalized spacial score (nSPS) is 11.3. The van der Waals surface area contributed by atoms with Crippen LogP contribution >= 0.6 is 0 Å². The number of hydrogen-bond donors (Lipinski definition) is 0. The number of halogens is 1. The van der Waals surface area contributed by atoms with Crippen molar-refractivity contribution in [2.45, 2.75) is 39.4 Å². The predicted octanol–water partition coefficient (Wildman–Crippen LogP) is 3.02. The molecule has 0 radical (unpaired) electrons. The van der Waals surface area contributed by atoms with Gasteiger partial charge < -0.3 is 13.7 Å². The third kappa shape index (κ3) is 4.30. The van der Waals surface area contributed by atoms with E-state index >= 15 is 0 Å². The lowest BCUT2D eigenvalue weighted by molar-refractivity contribution is 0.291. The van der Waals surface area contributed by atoms with Gasteiger partial charge in [-0.1, -0.05) is 13.3 Å². The van der Waals surface area contributed by atoms with Crippen LogP contribution in [0.15, 0.2) is 63.0 Å². The van der Waals surface area contributed by atoms with Crippen molar-refractivity contribution in [2.75, 3.05) is 6.61 Å². The van der Waals surface area contributed by atoms with E-state index in [0.29, 0.717) is 35.8 Å². The number of aryl methyl sites for hydroxylation is 1. The molecule has 9 heteroatoms. The second-order valence-electron chi connectivity index (χ2n) is 7.17. The van der Waals surface area contributed by atoms with Gasteiger partial charge >= 0.3 is 5.69 Å². The molecule has 162 valence electrons. The summed E-state index contributed by atoms with van der Waals surface area (Å²) in [6.07, 6.45) is 4.80. The fraction of sp³-hybridized carbons (Fsp3) is 0.318. The molecule has 3 aromatic heterocycles. The molecule has 3 heterocycles. The Bertz CT molecular complexity index is 1270. The monoisotopic (exact) mass is 426 g/mol. The zero-order chi connectivity index (χ0) is 21.8. The van der Waals surface area contributed by atoms with E-state index in [1.165, 1.54) is 33.4 Å². The molecule has 1 aromatic carbocycles. The summed E-state index contributed by atoms with van der Waals surface area (Å²) in [7, 11) is 0. The highest BCUT2D eigenvalue weighted by Crippen LogP contribution is 2.13. The van der Waals surface area contributed by atoms with E-state index in [2.05, 4.69) is 4.98 Å². The highest BCUT2D eigenvalue weighted by Gasteiger charge is 2.18. The Kier molecular flexibility index (Phi) is 6.01. The zero-order valence-corrected chi connectivity index (χ0v) is 17.2. The van der Waals surface area contributed by atoms with Gasteiger partial charge in [0.15, 0.2) is 11.2 Å². The molecule has 4 aromatic rings. The van der Waals surface area contributed by atoms with Crippen LogP contribution in [0.5, 0.6) is 5.75 Å². The Morgan fingerprint density at radius 3 is 2.61 bits per heavy atom. The van der Waals surface area contributed by atoms with Crippen LogP contribution < -0.4 is 16.0 Å². The first-order valence-electron chi connectivity index (χ1n) is 10.2. The van der Waals surface area contributed by atoms with Gasteiger partial charge in [0.05, 0.1) is 25.7 Å². The summed E-state index contributed by atoms with van der Waals surface area (Å²) in [5.41, 5.74) is -0.143. The fourth-order valence-electron chi connectivity index (χ4n) is 3.43. The molecule has 0 aliphatic carbocycles. The van der Waals surface area contributed by atoms with E-state index in [1.54, 1.807) is 23.2 Å². The molecule has 8 nitrogen and oxygen atoms in total. The van der Waals surface area contributed by atoms with Crippen molar-refractivity contribution in [2.24, 2.45) is 0 Å². The number of aromatic nitrogens is 4. The van der Waals surface area contributed by atoms with Gasteiger partial charge in [-0.05, 0) is 42.8 Å². The third-order valence-corrected chi connectivity index (χ3v) is 5.02. The molecular formula is C22H23FN4O4. The summed E-state index contributed by atoms with van der Waals surface area (Å²) in [5, 5.41) is 0. The number of nitrogens with zero attached hydrogens (tertiary/aromatic N) is 4. The summed E-state index contributed by atoms with van der Waals surface area (Å²) in [6, 6.07) is 9.17. The molecule has 0 saturated heterocycles. The topological polar surface area (TPSA) is 84.2 Å². The summed E-state index contributed by atoms with van der Waals surface area (Å²) in [6.45, 7) is 2.97. The maximum absolute atomic E-state index is 13.2. The van der Waals surface area contributed by atoms with Gasteiger partial charge in [0, 0.05) is 6.54 Å². The van der Waals surface area contributed by atoms with Crippen LogP contribution in [0.1, 0.15) is 25.5 Å². The molecule has 0 atom stereocenters. The Morgan fingerprint density at radius 2 is 1.90 bits per heavy atom. The first-order chi connectivity index (χ1) is 15.1. The van der Waals surface area contributed by atoms with Crippen LogP contribution in [0.2, 0.25) is 0 Å². The molecule has 0 bridgehead atoms. The average Bonchev–Trinajstić information content (AvgIpc) is 3.42. The lowest BCUT2D eigenvalue weighted by Crippen LogP contribution is -2.41. The van der Waals surface area contributed by atoms with Crippen molar-refractivity contribution >= 4 is 11.2 Å². The zero-order valence-electron chi connectivity index (χ0n) is 17.2. The van der Waals surface area contributed by atoms with Gasteiger partial charge in [0.1, 0.15) is 23.9 Å². The van der Waals surface area contributed by atoms with E-state index in [4.69, 9.17) is 9.15 Å². The smallest absolute Gasteiger partial charge is 0.332 e. The quantitative estimate of drug-likeness (QED) is 0.411. The Labute approximate surface area is 177 Å². The Morgan fingerprint density at radius 1 is 1.10 bits per heavy atom. The highest BCUT2D eigenvalue weighted by molar-refractivity contribution is 5.70. The molecule has 0 unspecified atom stereocenters. The van der Waals surface area contributed by atoms with Gasteiger partial charge in [0.25, 0.3) is 5.56 Å². The lowest BCUT2D eigenvalue weighted by atomic mass is 10.3. The number of benzene rings is 1. The number of unbranched alkanes of at least 4 members (excludes halogenated alkanes) is 1. The maximum atomic E-state index is 13.2. The van der Waals surface area contributed by atoms with Crippen LogP contribution in [0.4, 0.5) is 4.39 Å². The maximum Gasteiger partial charge on any atom is 0.332 e. The van der Waals surface area contributed by atoms with Crippen molar-refractivity contribution in [1.82, 2.24) is 18.7 Å². The standard InChI is InChI=1S/C22H23FN4O4/c1-2-3-10-26-20-19(25(15-24-20)14-18-5-4-12-30-18)21(28)27(22(26)29)11-13-31-17-8-6-16(23)7-9-17/h4-9,12,15H,2-3,10-11,13-14H2,1H3. The molecule has 0 spiro atoms. The fourth-order valence-corrected chi connectivity index (χ4v) is 3.43. The second-order valence-corrected chi connectivity index (χ2v) is 7.17. The molecule has 4 rings (SSSR count). The van der Waals surface area contributed by atoms with Crippen LogP contribution in [0, 0.1) is 5.82 Å². The van der Waals surface area contributed by atoms with Crippen LogP contribution in [0.25, 0.3) is 11.2 Å². The van der Waals surface area contributed by atoms with Crippen molar-refractivity contribution in [1.29, 1.82) is 0 Å². The van der Waals surface area contributed by atoms with Gasteiger partial charge in [-0.2, -0.15) is 0 Å². The minimum atomic E-state index is -0.431. The largest absolute Gasteiger partial charge is 0.492 e. The minimum absolute atomic E-state index is 0.0586. The summed E-state index contributed by atoms with van der Waals surface area (Å²) in [4.78, 5) is 30.7. The van der Waals surface area contributed by atoms with Gasteiger partial charge in [-0.15, -0.1) is 0 Å². The predicted molar refractivity (Wildman–Crippen MR) is 113 cm³/mol. The van der Waals surface area contributed by atoms with Gasteiger partial charge in [-0.3, -0.25) is 13.9 Å². The molecule has 0 amide bonds. The van der Waals surface area contributed by atoms with E-state index < -0.39 is 11.2 Å². The Balaban J connectivity index is 1.69. The second kappa shape index (κ2) is 9.03. The average molecular weight is 426 g/mol. The molecular weight excluding hydrogens is 403 g/mol. The van der Waals surface area contributed by atoms with E-state index in [0.717, 1.165) is 12.8 Å². The van der Waals surface area contributed by atoms with E-state index in [1.807, 2.05) is 13.0 Å². The molecule has 0 aliphatic heterocycles. The minimum Gasteiger partial charge on any atom is -0.492 e. The molecule has 31 heavy (non-hydrogen) atoms. The number of fused-ring (bicyclic) bond motifs is 1. The molecule has 0 N–H and O–H groups in total. The Hall–Kier alpha value is -3.62. The molecule has 0 aliphatic rings. The summed E-state index contributed by atoms with van der Waals surface area (Å²) in [5.74, 6) is 0.776. The first-order valence-corrected chi connectivity index (χ1v) is 10.2. The van der Waals surface area contributed by atoms with Gasteiger partial charge in [0.2, 0.25) is 0 Å². The molecule has 0 fully saturated rings. The van der Waals surface area contributed by atoms with Crippen molar-refractivity contribution in [3.8, 4) is 5.75 Å². The number of furan rings is 1. The third-order valence-electron chi connectivity index (χ3n) is 5.02. The SMILES string of the molecule is CCCCn1c(=O)n(CCOc2ccc(F)cc2)c(=O)c2c1ncn2Cc1ccco1. The van der Waals surface area contributed by atoms with E-state index in [9.17, 15) is 14.0 Å². The summed E-state index contributed by atoms with van der Waals surface area (Å²) < 4.78 is 28.4. The first kappa shape index (κ1) is 20.6. The van der Waals surface area contributed by atoms with E-state index in [-0.39, 0.29) is 19.0 Å². The van der Waals surface area contributed by atoms with Gasteiger partial charge in [-0.25, -0.2) is 14.2 Å². The summed E-state index contributed by atoms with van der Waals surface area (Å²) >= 11 is 0. The van der Waals surface area contributed by atoms with Crippen LogP contribution in [-0.2, 0) is 19.6 Å². The van der Waals surface area contributed by atoms with Crippen molar-refractivity contribution < 1.29 is 13.5 Å². The van der Waals surface area contributed by atoms with Crippen LogP contribution in [0.3, 0.4) is 0 Å². The molecule has 0 saturated carbocycles. The number of ether oxygens (including phenoxy) is 1.